The van der Waals surface area contributed by atoms with E-state index in [-0.39, 0.29) is 18.3 Å². The molecule has 0 saturated heterocycles. The number of nitrogens with one attached hydrogen (secondary N) is 1. The topological polar surface area (TPSA) is 50.2 Å². The molecular formula is C10H19ClN4O. The van der Waals surface area contributed by atoms with E-state index >= 15 is 0 Å². The van der Waals surface area contributed by atoms with E-state index in [1.54, 1.807) is 22.7 Å². The zero-order valence-electron chi connectivity index (χ0n) is 10.1. The van der Waals surface area contributed by atoms with Crippen molar-refractivity contribution in [1.29, 1.82) is 0 Å². The van der Waals surface area contributed by atoms with E-state index in [1.807, 2.05) is 21.0 Å². The minimum Gasteiger partial charge on any atom is -0.339 e. The molecule has 1 heterocycles. The van der Waals surface area contributed by atoms with Gasteiger partial charge in [0.1, 0.15) is 0 Å². The van der Waals surface area contributed by atoms with E-state index in [0.29, 0.717) is 12.2 Å². The van der Waals surface area contributed by atoms with Gasteiger partial charge in [0.05, 0.1) is 0 Å². The van der Waals surface area contributed by atoms with Crippen molar-refractivity contribution in [1.82, 2.24) is 20.0 Å². The third-order valence-corrected chi connectivity index (χ3v) is 2.38. The Balaban J connectivity index is 0.00000225. The average molecular weight is 247 g/mol. The summed E-state index contributed by atoms with van der Waals surface area (Å²) in [5.41, 5.74) is 1.49. The van der Waals surface area contributed by atoms with E-state index in [4.69, 9.17) is 0 Å². The second kappa shape index (κ2) is 6.50. The van der Waals surface area contributed by atoms with Crippen LogP contribution in [0.5, 0.6) is 0 Å². The van der Waals surface area contributed by atoms with Gasteiger partial charge in [0.2, 0.25) is 0 Å². The minimum absolute atomic E-state index is 0. The fourth-order valence-corrected chi connectivity index (χ4v) is 1.24. The first-order valence-electron chi connectivity index (χ1n) is 4.97. The van der Waals surface area contributed by atoms with E-state index in [1.165, 1.54) is 0 Å². The number of aryl methyl sites for hydroxylation is 2. The number of hydrogen-bond donors (Lipinski definition) is 1. The number of halogens is 1. The third kappa shape index (κ3) is 3.50. The quantitative estimate of drug-likeness (QED) is 0.839. The van der Waals surface area contributed by atoms with E-state index in [2.05, 4.69) is 10.4 Å². The molecule has 0 aliphatic rings. The second-order valence-electron chi connectivity index (χ2n) is 3.62. The Labute approximate surface area is 102 Å². The first-order chi connectivity index (χ1) is 7.06. The number of likely N-dealkylation sites (N-methyl/N-ethyl adjacent to an activating group) is 2. The molecule has 0 bridgehead atoms. The maximum absolute atomic E-state index is 11.8. The number of carbonyl (C=O) groups excluding carboxylic acids is 1. The Hall–Kier alpha value is -1.07. The highest BCUT2D eigenvalue weighted by molar-refractivity contribution is 5.92. The number of rotatable bonds is 4. The molecule has 6 heteroatoms. The van der Waals surface area contributed by atoms with Gasteiger partial charge in [0.15, 0.2) is 5.69 Å². The monoisotopic (exact) mass is 246 g/mol. The Kier molecular flexibility index (Phi) is 6.06. The fourth-order valence-electron chi connectivity index (χ4n) is 1.24. The Bertz CT molecular complexity index is 331. The van der Waals surface area contributed by atoms with Crippen molar-refractivity contribution in [3.63, 3.8) is 0 Å². The van der Waals surface area contributed by atoms with Crippen LogP contribution in [0.15, 0.2) is 6.07 Å². The molecule has 0 atom stereocenters. The van der Waals surface area contributed by atoms with Crippen LogP contribution in [0.1, 0.15) is 16.2 Å². The summed E-state index contributed by atoms with van der Waals surface area (Å²) in [6, 6.07) is 1.80. The lowest BCUT2D eigenvalue weighted by atomic mass is 10.3. The first kappa shape index (κ1) is 14.9. The van der Waals surface area contributed by atoms with Gasteiger partial charge >= 0.3 is 0 Å². The van der Waals surface area contributed by atoms with Crippen LogP contribution in [0.3, 0.4) is 0 Å². The number of nitrogens with zero attached hydrogens (tertiary/aromatic N) is 3. The summed E-state index contributed by atoms with van der Waals surface area (Å²) in [5, 5.41) is 7.15. The highest BCUT2D eigenvalue weighted by atomic mass is 35.5. The van der Waals surface area contributed by atoms with Crippen molar-refractivity contribution >= 4 is 18.3 Å². The molecule has 0 radical (unpaired) electrons. The average Bonchev–Trinajstić information content (AvgIpc) is 2.54. The van der Waals surface area contributed by atoms with Crippen LogP contribution in [0.2, 0.25) is 0 Å². The smallest absolute Gasteiger partial charge is 0.274 e. The fraction of sp³-hybridized carbons (Fsp3) is 0.600. The lowest BCUT2D eigenvalue weighted by molar-refractivity contribution is 0.0790. The molecular weight excluding hydrogens is 228 g/mol. The normalized spacial score (nSPS) is 9.75. The SMILES string of the molecule is CNCCN(C)C(=O)c1cc(C)n(C)n1.Cl. The molecule has 0 fully saturated rings. The van der Waals surface area contributed by atoms with Gasteiger partial charge in [-0.25, -0.2) is 0 Å². The summed E-state index contributed by atoms with van der Waals surface area (Å²) >= 11 is 0. The Morgan fingerprint density at radius 2 is 2.25 bits per heavy atom. The molecule has 1 amide bonds. The summed E-state index contributed by atoms with van der Waals surface area (Å²) in [7, 11) is 5.48. The van der Waals surface area contributed by atoms with Crippen molar-refractivity contribution in [2.75, 3.05) is 27.2 Å². The van der Waals surface area contributed by atoms with Crippen molar-refractivity contribution in [3.05, 3.63) is 17.5 Å². The number of carbonyl (C=O) groups is 1. The second-order valence-corrected chi connectivity index (χ2v) is 3.62. The van der Waals surface area contributed by atoms with Gasteiger partial charge in [-0.05, 0) is 20.0 Å². The number of aromatic nitrogens is 2. The standard InChI is InChI=1S/C10H18N4O.ClH/c1-8-7-9(12-14(8)4)10(15)13(3)6-5-11-2;/h7,11H,5-6H2,1-4H3;1H. The van der Waals surface area contributed by atoms with Crippen LogP contribution in [0.25, 0.3) is 0 Å². The summed E-state index contributed by atoms with van der Waals surface area (Å²) in [6.45, 7) is 3.40. The molecule has 1 rings (SSSR count). The molecule has 0 spiro atoms. The lowest BCUT2D eigenvalue weighted by Gasteiger charge is -2.14. The van der Waals surface area contributed by atoms with Crippen LogP contribution in [0, 0.1) is 6.92 Å². The van der Waals surface area contributed by atoms with Gasteiger partial charge in [0.25, 0.3) is 5.91 Å². The Morgan fingerprint density at radius 1 is 1.62 bits per heavy atom. The molecule has 0 aromatic carbocycles. The largest absolute Gasteiger partial charge is 0.339 e. The highest BCUT2D eigenvalue weighted by Crippen LogP contribution is 2.03. The predicted octanol–water partition coefficient (Wildman–Crippen LogP) is 0.442. The lowest BCUT2D eigenvalue weighted by Crippen LogP contribution is -2.33. The maximum Gasteiger partial charge on any atom is 0.274 e. The van der Waals surface area contributed by atoms with Gasteiger partial charge in [-0.3, -0.25) is 9.48 Å². The summed E-state index contributed by atoms with van der Waals surface area (Å²) in [5.74, 6) is -0.0334. The molecule has 0 aliphatic carbocycles. The first-order valence-corrected chi connectivity index (χ1v) is 4.97. The molecule has 0 saturated carbocycles. The van der Waals surface area contributed by atoms with Crippen LogP contribution in [-0.2, 0) is 7.05 Å². The van der Waals surface area contributed by atoms with Gasteiger partial charge in [-0.2, -0.15) is 5.10 Å². The van der Waals surface area contributed by atoms with E-state index in [0.717, 1.165) is 12.2 Å². The van der Waals surface area contributed by atoms with Crippen LogP contribution >= 0.6 is 12.4 Å². The number of amides is 1. The van der Waals surface area contributed by atoms with Crippen molar-refractivity contribution in [2.24, 2.45) is 7.05 Å². The van der Waals surface area contributed by atoms with Gasteiger partial charge in [-0.1, -0.05) is 0 Å². The van der Waals surface area contributed by atoms with Gasteiger partial charge < -0.3 is 10.2 Å². The van der Waals surface area contributed by atoms with E-state index in [9.17, 15) is 4.79 Å². The predicted molar refractivity (Wildman–Crippen MR) is 66.1 cm³/mol. The summed E-state index contributed by atoms with van der Waals surface area (Å²) in [6.07, 6.45) is 0. The minimum atomic E-state index is -0.0334. The van der Waals surface area contributed by atoms with Gasteiger partial charge in [0, 0.05) is 32.9 Å². The van der Waals surface area contributed by atoms with E-state index < -0.39 is 0 Å². The molecule has 5 nitrogen and oxygen atoms in total. The molecule has 16 heavy (non-hydrogen) atoms. The molecule has 0 aliphatic heterocycles. The van der Waals surface area contributed by atoms with Crippen molar-refractivity contribution < 1.29 is 4.79 Å². The summed E-state index contributed by atoms with van der Waals surface area (Å²) < 4.78 is 1.71. The van der Waals surface area contributed by atoms with Crippen LogP contribution < -0.4 is 5.32 Å². The third-order valence-electron chi connectivity index (χ3n) is 2.38. The molecule has 0 unspecified atom stereocenters. The van der Waals surface area contributed by atoms with Gasteiger partial charge in [-0.15, -0.1) is 12.4 Å². The van der Waals surface area contributed by atoms with Crippen molar-refractivity contribution in [3.8, 4) is 0 Å². The molecule has 1 aromatic heterocycles. The van der Waals surface area contributed by atoms with Crippen LogP contribution in [-0.4, -0.2) is 47.8 Å². The maximum atomic E-state index is 11.8. The zero-order valence-corrected chi connectivity index (χ0v) is 11.0. The van der Waals surface area contributed by atoms with Crippen molar-refractivity contribution in [2.45, 2.75) is 6.92 Å². The zero-order chi connectivity index (χ0) is 11.4. The molecule has 92 valence electrons. The number of hydrogen-bond acceptors (Lipinski definition) is 3. The summed E-state index contributed by atoms with van der Waals surface area (Å²) in [4.78, 5) is 13.5. The molecule has 1 N–H and O–H groups in total. The van der Waals surface area contributed by atoms with Crippen LogP contribution in [0.4, 0.5) is 0 Å². The highest BCUT2D eigenvalue weighted by Gasteiger charge is 2.14. The Morgan fingerprint density at radius 3 is 2.69 bits per heavy atom. The molecule has 1 aromatic rings.